The molecule has 1 heteroatoms. The number of unbranched alkanes of at least 4 members (excludes halogenated alkanes) is 1. The van der Waals surface area contributed by atoms with Gasteiger partial charge in [0.25, 0.3) is 0 Å². The van der Waals surface area contributed by atoms with Gasteiger partial charge in [-0.25, -0.2) is 0 Å². The molecule has 1 saturated carbocycles. The summed E-state index contributed by atoms with van der Waals surface area (Å²) in [4.78, 5) is 0. The first-order valence-corrected chi connectivity index (χ1v) is 7.40. The van der Waals surface area contributed by atoms with Crippen molar-refractivity contribution >= 4 is 0 Å². The van der Waals surface area contributed by atoms with Gasteiger partial charge in [0.15, 0.2) is 0 Å². The van der Waals surface area contributed by atoms with Crippen LogP contribution in [0, 0.1) is 23.7 Å². The molecule has 2 aliphatic rings. The Bertz CT molecular complexity index is 316. The lowest BCUT2D eigenvalue weighted by molar-refractivity contribution is 0.158. The molecule has 2 aliphatic carbocycles. The molecule has 0 N–H and O–H groups in total. The van der Waals surface area contributed by atoms with Gasteiger partial charge in [-0.05, 0) is 42.9 Å². The van der Waals surface area contributed by atoms with Gasteiger partial charge in [0, 0.05) is 6.61 Å². The van der Waals surface area contributed by atoms with E-state index in [-0.39, 0.29) is 0 Å². The van der Waals surface area contributed by atoms with Crippen LogP contribution in [-0.2, 0) is 4.74 Å². The minimum absolute atomic E-state index is 0.700. The van der Waals surface area contributed by atoms with E-state index in [0.717, 1.165) is 25.0 Å². The molecular formula is C17H26O. The molecule has 100 valence electrons. The highest BCUT2D eigenvalue weighted by Gasteiger charge is 2.40. The average Bonchev–Trinajstić information content (AvgIpc) is 2.96. The van der Waals surface area contributed by atoms with Crippen molar-refractivity contribution in [2.75, 3.05) is 13.2 Å². The van der Waals surface area contributed by atoms with Gasteiger partial charge in [-0.1, -0.05) is 43.7 Å². The quantitative estimate of drug-likeness (QED) is 0.478. The van der Waals surface area contributed by atoms with Crippen LogP contribution in [0.4, 0.5) is 0 Å². The van der Waals surface area contributed by atoms with E-state index in [2.05, 4.69) is 43.9 Å². The molecule has 4 atom stereocenters. The summed E-state index contributed by atoms with van der Waals surface area (Å²) < 4.78 is 5.57. The topological polar surface area (TPSA) is 9.23 Å². The Kier molecular flexibility index (Phi) is 5.25. The van der Waals surface area contributed by atoms with Crippen LogP contribution in [0.1, 0.15) is 32.6 Å². The molecule has 4 unspecified atom stereocenters. The highest BCUT2D eigenvalue weighted by molar-refractivity contribution is 5.15. The average molecular weight is 246 g/mol. The van der Waals surface area contributed by atoms with Crippen molar-refractivity contribution in [3.63, 3.8) is 0 Å². The minimum Gasteiger partial charge on any atom is -0.377 e. The molecule has 0 bridgehead atoms. The number of rotatable bonds is 7. The maximum absolute atomic E-state index is 5.57. The number of hydrogen-bond donors (Lipinski definition) is 0. The molecule has 0 heterocycles. The van der Waals surface area contributed by atoms with Crippen LogP contribution in [0.5, 0.6) is 0 Å². The lowest BCUT2D eigenvalue weighted by Crippen LogP contribution is -2.09. The van der Waals surface area contributed by atoms with Crippen LogP contribution in [-0.4, -0.2) is 13.2 Å². The predicted octanol–water partition coefficient (Wildman–Crippen LogP) is 4.37. The third kappa shape index (κ3) is 3.14. The fourth-order valence-electron chi connectivity index (χ4n) is 3.37. The standard InChI is InChI=1S/C17H26O/c1-3-5-11-18-12-7-8-15-13-14(4-2)16-9-6-10-17(15)16/h4,6-8,10,14-17H,2-3,5,9,11-13H2,1H3. The van der Waals surface area contributed by atoms with E-state index in [0.29, 0.717) is 11.8 Å². The second-order valence-corrected chi connectivity index (χ2v) is 5.56. The predicted molar refractivity (Wildman–Crippen MR) is 77.4 cm³/mol. The fraction of sp³-hybridized carbons (Fsp3) is 0.647. The summed E-state index contributed by atoms with van der Waals surface area (Å²) in [5.74, 6) is 2.98. The van der Waals surface area contributed by atoms with Crippen molar-refractivity contribution in [2.45, 2.75) is 32.6 Å². The fourth-order valence-corrected chi connectivity index (χ4v) is 3.37. The van der Waals surface area contributed by atoms with Crippen LogP contribution in [0.15, 0.2) is 37.0 Å². The molecule has 1 fully saturated rings. The van der Waals surface area contributed by atoms with Crippen molar-refractivity contribution in [3.8, 4) is 0 Å². The Morgan fingerprint density at radius 3 is 3.06 bits per heavy atom. The molecule has 0 aromatic rings. The van der Waals surface area contributed by atoms with E-state index in [1.54, 1.807) is 0 Å². The molecule has 1 nitrogen and oxygen atoms in total. The Labute approximate surface area is 112 Å². The van der Waals surface area contributed by atoms with Crippen LogP contribution in [0.25, 0.3) is 0 Å². The van der Waals surface area contributed by atoms with Crippen molar-refractivity contribution < 1.29 is 4.74 Å². The first-order valence-electron chi connectivity index (χ1n) is 7.40. The van der Waals surface area contributed by atoms with E-state index < -0.39 is 0 Å². The van der Waals surface area contributed by atoms with Crippen LogP contribution < -0.4 is 0 Å². The highest BCUT2D eigenvalue weighted by Crippen LogP contribution is 2.48. The number of fused-ring (bicyclic) bond motifs is 1. The summed E-state index contributed by atoms with van der Waals surface area (Å²) in [7, 11) is 0. The van der Waals surface area contributed by atoms with Gasteiger partial charge in [0.1, 0.15) is 0 Å². The van der Waals surface area contributed by atoms with Crippen molar-refractivity contribution in [1.29, 1.82) is 0 Å². The van der Waals surface area contributed by atoms with Gasteiger partial charge in [-0.2, -0.15) is 0 Å². The lowest BCUT2D eigenvalue weighted by Gasteiger charge is -2.15. The maximum atomic E-state index is 5.57. The summed E-state index contributed by atoms with van der Waals surface area (Å²) in [6.07, 6.45) is 16.4. The number of allylic oxidation sites excluding steroid dienone is 4. The van der Waals surface area contributed by atoms with Gasteiger partial charge < -0.3 is 4.74 Å². The van der Waals surface area contributed by atoms with E-state index >= 15 is 0 Å². The second-order valence-electron chi connectivity index (χ2n) is 5.56. The third-order valence-electron chi connectivity index (χ3n) is 4.39. The lowest BCUT2D eigenvalue weighted by atomic mass is 9.90. The van der Waals surface area contributed by atoms with E-state index in [1.165, 1.54) is 25.7 Å². The molecule has 0 aliphatic heterocycles. The summed E-state index contributed by atoms with van der Waals surface area (Å²) in [5.41, 5.74) is 0. The van der Waals surface area contributed by atoms with Gasteiger partial charge in [0.2, 0.25) is 0 Å². The zero-order chi connectivity index (χ0) is 12.8. The maximum Gasteiger partial charge on any atom is 0.0647 e. The van der Waals surface area contributed by atoms with Gasteiger partial charge >= 0.3 is 0 Å². The molecule has 0 radical (unpaired) electrons. The van der Waals surface area contributed by atoms with Crippen molar-refractivity contribution in [1.82, 2.24) is 0 Å². The van der Waals surface area contributed by atoms with E-state index in [4.69, 9.17) is 4.74 Å². The van der Waals surface area contributed by atoms with Gasteiger partial charge in [0.05, 0.1) is 6.61 Å². The summed E-state index contributed by atoms with van der Waals surface area (Å²) >= 11 is 0. The first-order chi connectivity index (χ1) is 8.86. The van der Waals surface area contributed by atoms with Crippen molar-refractivity contribution in [3.05, 3.63) is 37.0 Å². The van der Waals surface area contributed by atoms with Crippen LogP contribution >= 0.6 is 0 Å². The molecule has 0 spiro atoms. The van der Waals surface area contributed by atoms with Crippen molar-refractivity contribution in [2.24, 2.45) is 23.7 Å². The molecular weight excluding hydrogens is 220 g/mol. The Balaban J connectivity index is 1.77. The smallest absolute Gasteiger partial charge is 0.0647 e. The third-order valence-corrected chi connectivity index (χ3v) is 4.39. The number of ether oxygens (including phenoxy) is 1. The minimum atomic E-state index is 0.700. The number of hydrogen-bond acceptors (Lipinski definition) is 1. The first kappa shape index (κ1) is 13.6. The van der Waals surface area contributed by atoms with Gasteiger partial charge in [-0.3, -0.25) is 0 Å². The molecule has 0 amide bonds. The highest BCUT2D eigenvalue weighted by atomic mass is 16.5. The van der Waals surface area contributed by atoms with Gasteiger partial charge in [-0.15, -0.1) is 6.58 Å². The molecule has 2 rings (SSSR count). The summed E-state index contributed by atoms with van der Waals surface area (Å²) in [5, 5.41) is 0. The zero-order valence-electron chi connectivity index (χ0n) is 11.6. The monoisotopic (exact) mass is 246 g/mol. The molecule has 18 heavy (non-hydrogen) atoms. The Morgan fingerprint density at radius 1 is 1.39 bits per heavy atom. The largest absolute Gasteiger partial charge is 0.377 e. The summed E-state index contributed by atoms with van der Waals surface area (Å²) in [6.45, 7) is 7.86. The van der Waals surface area contributed by atoms with Crippen LogP contribution in [0.2, 0.25) is 0 Å². The second kappa shape index (κ2) is 6.94. The Morgan fingerprint density at radius 2 is 2.28 bits per heavy atom. The summed E-state index contributed by atoms with van der Waals surface area (Å²) in [6, 6.07) is 0. The van der Waals surface area contributed by atoms with E-state index in [9.17, 15) is 0 Å². The Hall–Kier alpha value is -0.820. The molecule has 0 saturated heterocycles. The normalized spacial score (nSPS) is 34.3. The molecule has 0 aromatic heterocycles. The zero-order valence-corrected chi connectivity index (χ0v) is 11.6. The van der Waals surface area contributed by atoms with E-state index in [1.807, 2.05) is 0 Å². The molecule has 0 aromatic carbocycles. The SMILES string of the molecule is C=CC1CC(C=CCOCCCC)C2C=CCC12. The van der Waals surface area contributed by atoms with Crippen LogP contribution in [0.3, 0.4) is 0 Å².